The van der Waals surface area contributed by atoms with Crippen LogP contribution in [0.3, 0.4) is 0 Å². The number of unbranched alkanes of at least 4 members (excludes halogenated alkanes) is 33. The molecule has 0 amide bonds. The molecule has 0 aromatic heterocycles. The van der Waals surface area contributed by atoms with Gasteiger partial charge in [-0.25, -0.2) is 4.79 Å². The van der Waals surface area contributed by atoms with Gasteiger partial charge in [0.2, 0.25) is 0 Å². The highest BCUT2D eigenvalue weighted by molar-refractivity contribution is 5.71. The molecule has 0 saturated heterocycles. The van der Waals surface area contributed by atoms with Crippen LogP contribution < -0.4 is 0 Å². The van der Waals surface area contributed by atoms with Crippen LogP contribution in [-0.2, 0) is 33.3 Å². The van der Waals surface area contributed by atoms with Crippen LogP contribution in [0.2, 0.25) is 0 Å². The Morgan fingerprint density at radius 2 is 0.760 bits per heavy atom. The van der Waals surface area contributed by atoms with E-state index in [0.717, 1.165) is 70.6 Å². The molecule has 0 fully saturated rings. The lowest BCUT2D eigenvalue weighted by molar-refractivity contribution is -0.870. The van der Waals surface area contributed by atoms with Gasteiger partial charge in [-0.15, -0.1) is 0 Å². The summed E-state index contributed by atoms with van der Waals surface area (Å²) in [6.07, 6.45) is 70.2. The number of carbonyl (C=O) groups excluding carboxylic acids is 2. The SMILES string of the molecule is CC/C=C\C/C=C\C/C=C\C/C=C\C/C=C\CCCCCCCCCCCCCCCC(=O)OC(COC(=O)CCCCCCCCCCCCCCCCCCCCCCC)COC(OCC[N+](C)(C)C)C(=O)O. The van der Waals surface area contributed by atoms with Crippen LogP contribution >= 0.6 is 0 Å². The van der Waals surface area contributed by atoms with Crippen molar-refractivity contribution in [2.45, 2.75) is 296 Å². The number of aliphatic carboxylic acids is 1. The number of ether oxygens (including phenoxy) is 4. The number of carbonyl (C=O) groups is 3. The monoisotopic (exact) mass is 1050 g/mol. The molecule has 1 N–H and O–H groups in total. The molecule has 0 spiro atoms. The molecule has 436 valence electrons. The summed E-state index contributed by atoms with van der Waals surface area (Å²) in [5.41, 5.74) is 0. The Kier molecular flexibility index (Phi) is 54.9. The van der Waals surface area contributed by atoms with Gasteiger partial charge in [0, 0.05) is 12.8 Å². The smallest absolute Gasteiger partial charge is 0.361 e. The van der Waals surface area contributed by atoms with Gasteiger partial charge in [-0.1, -0.05) is 274 Å². The second-order valence-electron chi connectivity index (χ2n) is 22.3. The van der Waals surface area contributed by atoms with Crippen molar-refractivity contribution in [3.63, 3.8) is 0 Å². The van der Waals surface area contributed by atoms with Gasteiger partial charge in [0.1, 0.15) is 13.2 Å². The Labute approximate surface area is 463 Å². The molecule has 0 aromatic carbocycles. The molecule has 9 heteroatoms. The third-order valence-electron chi connectivity index (χ3n) is 13.8. The topological polar surface area (TPSA) is 108 Å². The number of quaternary nitrogens is 1. The van der Waals surface area contributed by atoms with E-state index in [1.54, 1.807) is 0 Å². The van der Waals surface area contributed by atoms with Gasteiger partial charge in [0.15, 0.2) is 6.10 Å². The maximum Gasteiger partial charge on any atom is 0.361 e. The number of hydrogen-bond acceptors (Lipinski definition) is 7. The van der Waals surface area contributed by atoms with Crippen molar-refractivity contribution in [1.29, 1.82) is 0 Å². The number of carboxylic acid groups (broad SMARTS) is 1. The van der Waals surface area contributed by atoms with E-state index in [-0.39, 0.29) is 32.2 Å². The number of hydrogen-bond donors (Lipinski definition) is 1. The Morgan fingerprint density at radius 3 is 1.13 bits per heavy atom. The molecule has 0 heterocycles. The van der Waals surface area contributed by atoms with Crippen molar-refractivity contribution in [3.8, 4) is 0 Å². The number of likely N-dealkylation sites (N-methyl/N-ethyl adjacent to an activating group) is 1. The van der Waals surface area contributed by atoms with Crippen molar-refractivity contribution in [3.05, 3.63) is 60.8 Å². The van der Waals surface area contributed by atoms with Crippen molar-refractivity contribution < 1.29 is 42.9 Å². The fraction of sp³-hybridized carbons (Fsp3) is 0.803. The first-order valence-corrected chi connectivity index (χ1v) is 31.5. The van der Waals surface area contributed by atoms with Gasteiger partial charge < -0.3 is 28.5 Å². The largest absolute Gasteiger partial charge is 0.477 e. The average Bonchev–Trinajstić information content (AvgIpc) is 3.38. The van der Waals surface area contributed by atoms with Crippen LogP contribution in [0.15, 0.2) is 60.8 Å². The molecule has 2 unspecified atom stereocenters. The summed E-state index contributed by atoms with van der Waals surface area (Å²) in [5, 5.41) is 9.72. The van der Waals surface area contributed by atoms with Gasteiger partial charge in [-0.2, -0.15) is 0 Å². The van der Waals surface area contributed by atoms with Crippen LogP contribution in [-0.4, -0.2) is 87.4 Å². The zero-order valence-corrected chi connectivity index (χ0v) is 49.7. The van der Waals surface area contributed by atoms with Crippen LogP contribution in [0.1, 0.15) is 284 Å². The minimum absolute atomic E-state index is 0.180. The predicted octanol–water partition coefficient (Wildman–Crippen LogP) is 18.8. The fourth-order valence-electron chi connectivity index (χ4n) is 8.98. The molecular weight excluding hydrogens is 935 g/mol. The number of rotatable bonds is 58. The minimum Gasteiger partial charge on any atom is -0.477 e. The lowest BCUT2D eigenvalue weighted by Gasteiger charge is -2.25. The summed E-state index contributed by atoms with van der Waals surface area (Å²) >= 11 is 0. The fourth-order valence-corrected chi connectivity index (χ4v) is 8.98. The molecule has 0 aliphatic heterocycles. The first kappa shape index (κ1) is 72.0. The van der Waals surface area contributed by atoms with Gasteiger partial charge in [0.25, 0.3) is 6.29 Å². The Balaban J connectivity index is 4.17. The molecule has 0 radical (unpaired) electrons. The van der Waals surface area contributed by atoms with E-state index in [4.69, 9.17) is 18.9 Å². The summed E-state index contributed by atoms with van der Waals surface area (Å²) in [5.74, 6) is -1.99. The van der Waals surface area contributed by atoms with E-state index >= 15 is 0 Å². The van der Waals surface area contributed by atoms with Crippen molar-refractivity contribution in [1.82, 2.24) is 0 Å². The molecular formula is C66H120NO8+. The van der Waals surface area contributed by atoms with Crippen LogP contribution in [0.5, 0.6) is 0 Å². The van der Waals surface area contributed by atoms with Crippen LogP contribution in [0.25, 0.3) is 0 Å². The summed E-state index contributed by atoms with van der Waals surface area (Å²) < 4.78 is 22.9. The first-order valence-electron chi connectivity index (χ1n) is 31.5. The molecule has 0 aromatic rings. The maximum absolute atomic E-state index is 12.9. The molecule has 0 aliphatic carbocycles. The van der Waals surface area contributed by atoms with Gasteiger partial charge in [-0.05, 0) is 57.8 Å². The molecule has 0 bridgehead atoms. The average molecular weight is 1060 g/mol. The van der Waals surface area contributed by atoms with E-state index in [1.165, 1.54) is 186 Å². The highest BCUT2D eigenvalue weighted by atomic mass is 16.7. The molecule has 0 rings (SSSR count). The number of nitrogens with zero attached hydrogens (tertiary/aromatic N) is 1. The van der Waals surface area contributed by atoms with E-state index in [0.29, 0.717) is 17.4 Å². The number of carboxylic acids is 1. The third kappa shape index (κ3) is 58.5. The second kappa shape index (κ2) is 57.2. The van der Waals surface area contributed by atoms with Gasteiger partial charge >= 0.3 is 17.9 Å². The van der Waals surface area contributed by atoms with Crippen LogP contribution in [0, 0.1) is 0 Å². The standard InChI is InChI=1S/C66H119NO8/c1-6-8-10-12-14-16-18-20-22-24-26-28-29-30-31-32-33-34-35-37-39-41-43-45-47-49-51-53-55-57-64(69)75-62(61-74-66(65(70)71)72-59-58-67(3,4)5)60-73-63(68)56-54-52-50-48-46-44-42-40-38-36-27-25-23-21-19-17-15-13-11-9-7-2/h8,10,14,16,20,22,26,28,30-31,62,66H,6-7,9,11-13,15,17-19,21,23-25,27,29,32-61H2,1-5H3/p+1/b10-8-,16-14-,22-20-,28-26-,31-30-. The summed E-state index contributed by atoms with van der Waals surface area (Å²) in [7, 11) is 5.98. The minimum atomic E-state index is -1.51. The summed E-state index contributed by atoms with van der Waals surface area (Å²) in [6, 6.07) is 0. The van der Waals surface area contributed by atoms with E-state index in [2.05, 4.69) is 74.6 Å². The van der Waals surface area contributed by atoms with E-state index < -0.39 is 24.3 Å². The quantitative estimate of drug-likeness (QED) is 0.0211. The zero-order chi connectivity index (χ0) is 54.8. The lowest BCUT2D eigenvalue weighted by atomic mass is 10.0. The van der Waals surface area contributed by atoms with Crippen molar-refractivity contribution >= 4 is 17.9 Å². The third-order valence-corrected chi connectivity index (χ3v) is 13.8. The highest BCUT2D eigenvalue weighted by Gasteiger charge is 2.25. The normalized spacial score (nSPS) is 13.1. The Bertz CT molecular complexity index is 1410. The molecule has 2 atom stereocenters. The van der Waals surface area contributed by atoms with E-state index in [1.807, 2.05) is 21.1 Å². The molecule has 0 saturated carbocycles. The zero-order valence-electron chi connectivity index (χ0n) is 49.7. The number of allylic oxidation sites excluding steroid dienone is 10. The molecule has 0 aliphatic rings. The van der Waals surface area contributed by atoms with Crippen LogP contribution in [0.4, 0.5) is 0 Å². The molecule has 75 heavy (non-hydrogen) atoms. The summed E-state index contributed by atoms with van der Waals surface area (Å²) in [6.45, 7) is 4.81. The lowest BCUT2D eigenvalue weighted by Crippen LogP contribution is -2.40. The second-order valence-corrected chi connectivity index (χ2v) is 22.3. The van der Waals surface area contributed by atoms with Gasteiger partial charge in [-0.3, -0.25) is 9.59 Å². The predicted molar refractivity (Wildman–Crippen MR) is 318 cm³/mol. The van der Waals surface area contributed by atoms with Crippen molar-refractivity contribution in [2.24, 2.45) is 0 Å². The number of esters is 2. The van der Waals surface area contributed by atoms with Gasteiger partial charge in [0.05, 0.1) is 34.4 Å². The Hall–Kier alpha value is -3.01. The van der Waals surface area contributed by atoms with Crippen molar-refractivity contribution in [2.75, 3.05) is 47.5 Å². The Morgan fingerprint density at radius 1 is 0.413 bits per heavy atom. The first-order chi connectivity index (χ1) is 36.6. The highest BCUT2D eigenvalue weighted by Crippen LogP contribution is 2.17. The molecule has 9 nitrogen and oxygen atoms in total. The summed E-state index contributed by atoms with van der Waals surface area (Å²) in [4.78, 5) is 37.5. The van der Waals surface area contributed by atoms with E-state index in [9.17, 15) is 19.5 Å². The maximum atomic E-state index is 12.9.